The van der Waals surface area contributed by atoms with Crippen molar-refractivity contribution in [2.45, 2.75) is 31.7 Å². The second kappa shape index (κ2) is 6.35. The van der Waals surface area contributed by atoms with E-state index in [2.05, 4.69) is 41.3 Å². The third-order valence-corrected chi connectivity index (χ3v) is 5.34. The summed E-state index contributed by atoms with van der Waals surface area (Å²) in [7, 11) is 0. The molecule has 3 N–H and O–H groups in total. The molecule has 1 heterocycles. The zero-order valence-electron chi connectivity index (χ0n) is 11.5. The molecule has 0 aliphatic rings. The quantitative estimate of drug-likeness (QED) is 0.627. The van der Waals surface area contributed by atoms with E-state index in [0.717, 1.165) is 15.8 Å². The molecule has 1 unspecified atom stereocenters. The monoisotopic (exact) mass is 356 g/mol. The van der Waals surface area contributed by atoms with Crippen molar-refractivity contribution in [2.24, 2.45) is 5.84 Å². The number of nitrogens with two attached hydrogens (primary N) is 1. The fraction of sp³-hybridized carbons (Fsp3) is 0.333. The van der Waals surface area contributed by atoms with E-state index in [9.17, 15) is 4.39 Å². The molecular weight excluding hydrogens is 339 g/mol. The van der Waals surface area contributed by atoms with Crippen LogP contribution in [0.2, 0.25) is 0 Å². The summed E-state index contributed by atoms with van der Waals surface area (Å²) in [4.78, 5) is 1.26. The molecule has 0 aliphatic carbocycles. The van der Waals surface area contributed by atoms with Crippen molar-refractivity contribution in [3.63, 3.8) is 0 Å². The Morgan fingerprint density at radius 3 is 2.40 bits per heavy atom. The normalized spacial score (nSPS) is 13.4. The largest absolute Gasteiger partial charge is 0.271 e. The lowest BCUT2D eigenvalue weighted by Crippen LogP contribution is -2.49. The van der Waals surface area contributed by atoms with Crippen molar-refractivity contribution >= 4 is 27.3 Å². The van der Waals surface area contributed by atoms with Gasteiger partial charge in [0.05, 0.1) is 3.79 Å². The molecule has 108 valence electrons. The Morgan fingerprint density at radius 1 is 1.25 bits per heavy atom. The van der Waals surface area contributed by atoms with Gasteiger partial charge in [-0.1, -0.05) is 26.0 Å². The minimum absolute atomic E-state index is 0.0681. The Balaban J connectivity index is 2.22. The number of hydrazine groups is 1. The first-order valence-electron chi connectivity index (χ1n) is 6.40. The van der Waals surface area contributed by atoms with Gasteiger partial charge in [0.25, 0.3) is 0 Å². The Morgan fingerprint density at radius 2 is 1.90 bits per heavy atom. The number of thiophene rings is 1. The molecule has 0 saturated heterocycles. The lowest BCUT2D eigenvalue weighted by molar-refractivity contribution is 0.343. The van der Waals surface area contributed by atoms with Crippen molar-refractivity contribution in [3.05, 3.63) is 56.4 Å². The second-order valence-electron chi connectivity index (χ2n) is 5.36. The summed E-state index contributed by atoms with van der Waals surface area (Å²) in [5, 5.41) is 0. The molecule has 0 saturated carbocycles. The van der Waals surface area contributed by atoms with Gasteiger partial charge in [0.1, 0.15) is 5.82 Å². The Hall–Kier alpha value is -0.750. The predicted molar refractivity (Wildman–Crippen MR) is 86.3 cm³/mol. The summed E-state index contributed by atoms with van der Waals surface area (Å²) >= 11 is 5.18. The minimum Gasteiger partial charge on any atom is -0.271 e. The summed E-state index contributed by atoms with van der Waals surface area (Å²) < 4.78 is 14.2. The number of hydrogen-bond acceptors (Lipinski definition) is 3. The van der Waals surface area contributed by atoms with Crippen LogP contribution in [0.5, 0.6) is 0 Å². The lowest BCUT2D eigenvalue weighted by Gasteiger charge is -2.34. The van der Waals surface area contributed by atoms with Gasteiger partial charge in [-0.2, -0.15) is 0 Å². The van der Waals surface area contributed by atoms with Crippen LogP contribution in [0.25, 0.3) is 0 Å². The summed E-state index contributed by atoms with van der Waals surface area (Å²) in [6, 6.07) is 10.8. The molecule has 1 atom stereocenters. The standard InChI is InChI=1S/C15H18BrFN2S/c1-15(2,10-3-5-11(17)6-4-10)13(19-18)9-12-7-8-14(16)20-12/h3-8,13,19H,9,18H2,1-2H3. The predicted octanol–water partition coefficient (Wildman–Crippen LogP) is 4.00. The third kappa shape index (κ3) is 3.47. The molecule has 0 bridgehead atoms. The van der Waals surface area contributed by atoms with Crippen molar-refractivity contribution in [1.29, 1.82) is 0 Å². The minimum atomic E-state index is -0.219. The second-order valence-corrected chi connectivity index (χ2v) is 7.91. The molecule has 0 radical (unpaired) electrons. The number of nitrogens with one attached hydrogen (secondary N) is 1. The smallest absolute Gasteiger partial charge is 0.123 e. The van der Waals surface area contributed by atoms with Gasteiger partial charge in [0, 0.05) is 16.3 Å². The average molecular weight is 357 g/mol. The zero-order chi connectivity index (χ0) is 14.8. The SMILES string of the molecule is CC(C)(c1ccc(F)cc1)C(Cc1ccc(Br)s1)NN. The third-order valence-electron chi connectivity index (χ3n) is 3.69. The van der Waals surface area contributed by atoms with Crippen LogP contribution in [-0.4, -0.2) is 6.04 Å². The van der Waals surface area contributed by atoms with Crippen LogP contribution < -0.4 is 11.3 Å². The van der Waals surface area contributed by atoms with E-state index in [1.807, 2.05) is 18.2 Å². The molecule has 0 fully saturated rings. The number of hydrogen-bond donors (Lipinski definition) is 2. The molecule has 2 nitrogen and oxygen atoms in total. The van der Waals surface area contributed by atoms with E-state index in [4.69, 9.17) is 5.84 Å². The van der Waals surface area contributed by atoms with Gasteiger partial charge in [-0.3, -0.25) is 11.3 Å². The molecule has 0 aliphatic heterocycles. The molecule has 1 aromatic heterocycles. The van der Waals surface area contributed by atoms with Crippen molar-refractivity contribution in [3.8, 4) is 0 Å². The van der Waals surface area contributed by atoms with Crippen LogP contribution >= 0.6 is 27.3 Å². The summed E-state index contributed by atoms with van der Waals surface area (Å²) in [5.41, 5.74) is 3.78. The van der Waals surface area contributed by atoms with Crippen molar-refractivity contribution in [1.82, 2.24) is 5.43 Å². The zero-order valence-corrected chi connectivity index (χ0v) is 13.9. The molecule has 1 aromatic carbocycles. The van der Waals surface area contributed by atoms with E-state index in [1.165, 1.54) is 17.0 Å². The molecule has 2 rings (SSSR count). The van der Waals surface area contributed by atoms with Gasteiger partial charge < -0.3 is 0 Å². The van der Waals surface area contributed by atoms with E-state index < -0.39 is 0 Å². The van der Waals surface area contributed by atoms with Gasteiger partial charge in [0.2, 0.25) is 0 Å². The van der Waals surface area contributed by atoms with Crippen LogP contribution in [0.3, 0.4) is 0 Å². The average Bonchev–Trinajstić information content (AvgIpc) is 2.82. The summed E-state index contributed by atoms with van der Waals surface area (Å²) in [5.74, 6) is 5.53. The Kier molecular flexibility index (Phi) is 4.96. The van der Waals surface area contributed by atoms with Gasteiger partial charge in [-0.05, 0) is 52.2 Å². The number of halogens is 2. The van der Waals surface area contributed by atoms with E-state index >= 15 is 0 Å². The van der Waals surface area contributed by atoms with Crippen LogP contribution in [0.15, 0.2) is 40.2 Å². The van der Waals surface area contributed by atoms with Gasteiger partial charge in [-0.25, -0.2) is 4.39 Å². The van der Waals surface area contributed by atoms with Crippen molar-refractivity contribution < 1.29 is 4.39 Å². The molecular formula is C15H18BrFN2S. The van der Waals surface area contributed by atoms with Crippen LogP contribution in [-0.2, 0) is 11.8 Å². The van der Waals surface area contributed by atoms with Gasteiger partial charge in [-0.15, -0.1) is 11.3 Å². The van der Waals surface area contributed by atoms with Crippen LogP contribution in [0.4, 0.5) is 4.39 Å². The maximum Gasteiger partial charge on any atom is 0.123 e. The highest BCUT2D eigenvalue weighted by molar-refractivity contribution is 9.11. The fourth-order valence-corrected chi connectivity index (χ4v) is 3.79. The number of benzene rings is 1. The summed E-state index contributed by atoms with van der Waals surface area (Å²) in [6.45, 7) is 4.24. The number of rotatable bonds is 5. The first-order valence-corrected chi connectivity index (χ1v) is 8.01. The maximum atomic E-state index is 13.1. The first-order chi connectivity index (χ1) is 9.43. The van der Waals surface area contributed by atoms with Crippen molar-refractivity contribution in [2.75, 3.05) is 0 Å². The molecule has 0 spiro atoms. The molecule has 2 aromatic rings. The lowest BCUT2D eigenvalue weighted by atomic mass is 9.76. The highest BCUT2D eigenvalue weighted by Crippen LogP contribution is 2.31. The van der Waals surface area contributed by atoms with E-state index in [-0.39, 0.29) is 17.3 Å². The van der Waals surface area contributed by atoms with Crippen LogP contribution in [0, 0.1) is 5.82 Å². The maximum absolute atomic E-state index is 13.1. The highest BCUT2D eigenvalue weighted by atomic mass is 79.9. The van der Waals surface area contributed by atoms with E-state index in [1.54, 1.807) is 11.3 Å². The Bertz CT molecular complexity index is 566. The highest BCUT2D eigenvalue weighted by Gasteiger charge is 2.31. The fourth-order valence-electron chi connectivity index (χ4n) is 2.27. The van der Waals surface area contributed by atoms with E-state index in [0.29, 0.717) is 0 Å². The first kappa shape index (κ1) is 15.6. The Labute approximate surface area is 131 Å². The molecule has 0 amide bonds. The summed E-state index contributed by atoms with van der Waals surface area (Å²) in [6.07, 6.45) is 0.830. The van der Waals surface area contributed by atoms with Gasteiger partial charge in [0.15, 0.2) is 0 Å². The topological polar surface area (TPSA) is 38.0 Å². The molecule has 20 heavy (non-hydrogen) atoms. The van der Waals surface area contributed by atoms with Gasteiger partial charge >= 0.3 is 0 Å². The molecule has 5 heteroatoms. The van der Waals surface area contributed by atoms with Crippen LogP contribution in [0.1, 0.15) is 24.3 Å².